The fourth-order valence-corrected chi connectivity index (χ4v) is 3.27. The number of halogens is 1. The van der Waals surface area contributed by atoms with Gasteiger partial charge in [0.05, 0.1) is 30.6 Å². The van der Waals surface area contributed by atoms with Crippen LogP contribution in [0, 0.1) is 13.8 Å². The second-order valence-corrected chi connectivity index (χ2v) is 6.54. The molecule has 2 amide bonds. The van der Waals surface area contributed by atoms with Crippen LogP contribution in [-0.4, -0.2) is 32.6 Å². The molecule has 0 saturated heterocycles. The second-order valence-electron chi connectivity index (χ2n) is 6.13. The molecule has 0 fully saturated rings. The highest BCUT2D eigenvalue weighted by Gasteiger charge is 2.21. The number of amides is 2. The van der Waals surface area contributed by atoms with E-state index >= 15 is 0 Å². The molecular weight excluding hydrogens is 368 g/mol. The van der Waals surface area contributed by atoms with E-state index < -0.39 is 0 Å². The van der Waals surface area contributed by atoms with Gasteiger partial charge in [-0.2, -0.15) is 0 Å². The molecule has 0 spiro atoms. The van der Waals surface area contributed by atoms with Crippen LogP contribution < -0.4 is 19.7 Å². The SMILES string of the molecule is COc1ccc(OC)c(NC(=O)CN(C(C)=O)c2c(C)cc(C)cc2Cl)c1. The standard InChI is InChI=1S/C20H23ClN2O4/c1-12-8-13(2)20(16(21)9-12)23(14(3)24)11-19(25)22-17-10-15(26-4)6-7-18(17)27-5/h6-10H,11H2,1-5H3,(H,22,25). The van der Waals surface area contributed by atoms with Crippen molar-refractivity contribution in [1.29, 1.82) is 0 Å². The minimum Gasteiger partial charge on any atom is -0.497 e. The topological polar surface area (TPSA) is 67.9 Å². The Hall–Kier alpha value is -2.73. The maximum atomic E-state index is 12.6. The summed E-state index contributed by atoms with van der Waals surface area (Å²) in [6.45, 7) is 4.99. The first-order chi connectivity index (χ1) is 12.8. The number of nitrogens with zero attached hydrogens (tertiary/aromatic N) is 1. The molecule has 7 heteroatoms. The number of hydrogen-bond acceptors (Lipinski definition) is 4. The monoisotopic (exact) mass is 390 g/mol. The van der Waals surface area contributed by atoms with Gasteiger partial charge >= 0.3 is 0 Å². The van der Waals surface area contributed by atoms with E-state index in [0.717, 1.165) is 11.1 Å². The molecule has 0 aromatic heterocycles. The van der Waals surface area contributed by atoms with Gasteiger partial charge in [-0.15, -0.1) is 0 Å². The lowest BCUT2D eigenvalue weighted by Crippen LogP contribution is -2.37. The largest absolute Gasteiger partial charge is 0.497 e. The number of carbonyl (C=O) groups excluding carboxylic acids is 2. The molecule has 0 aliphatic heterocycles. The summed E-state index contributed by atoms with van der Waals surface area (Å²) in [5.74, 6) is 0.402. The molecule has 0 saturated carbocycles. The van der Waals surface area contributed by atoms with Crippen LogP contribution in [0.1, 0.15) is 18.1 Å². The number of ether oxygens (including phenoxy) is 2. The maximum Gasteiger partial charge on any atom is 0.244 e. The maximum absolute atomic E-state index is 12.6. The smallest absolute Gasteiger partial charge is 0.244 e. The molecule has 2 aromatic carbocycles. The van der Waals surface area contributed by atoms with Crippen molar-refractivity contribution in [2.45, 2.75) is 20.8 Å². The van der Waals surface area contributed by atoms with Gasteiger partial charge < -0.3 is 19.7 Å². The lowest BCUT2D eigenvalue weighted by atomic mass is 10.1. The van der Waals surface area contributed by atoms with Crippen molar-refractivity contribution < 1.29 is 19.1 Å². The number of methoxy groups -OCH3 is 2. The number of aryl methyl sites for hydroxylation is 2. The first-order valence-corrected chi connectivity index (χ1v) is 8.71. The van der Waals surface area contributed by atoms with E-state index in [2.05, 4.69) is 5.32 Å². The Morgan fingerprint density at radius 3 is 2.37 bits per heavy atom. The van der Waals surface area contributed by atoms with E-state index in [1.807, 2.05) is 19.9 Å². The third kappa shape index (κ3) is 4.92. The fourth-order valence-electron chi connectivity index (χ4n) is 2.84. The Balaban J connectivity index is 2.28. The zero-order valence-corrected chi connectivity index (χ0v) is 16.8. The molecule has 2 rings (SSSR count). The van der Waals surface area contributed by atoms with E-state index in [0.29, 0.717) is 27.9 Å². The number of nitrogens with one attached hydrogen (secondary N) is 1. The average molecular weight is 391 g/mol. The minimum atomic E-state index is -0.382. The van der Waals surface area contributed by atoms with Crippen LogP contribution in [-0.2, 0) is 9.59 Å². The highest BCUT2D eigenvalue weighted by atomic mass is 35.5. The van der Waals surface area contributed by atoms with Crippen LogP contribution in [0.15, 0.2) is 30.3 Å². The zero-order chi connectivity index (χ0) is 20.1. The van der Waals surface area contributed by atoms with Crippen molar-refractivity contribution in [1.82, 2.24) is 0 Å². The Bertz CT molecular complexity index is 844. The molecule has 0 heterocycles. The minimum absolute atomic E-state index is 0.181. The molecule has 27 heavy (non-hydrogen) atoms. The van der Waals surface area contributed by atoms with Crippen molar-refractivity contribution in [3.63, 3.8) is 0 Å². The van der Waals surface area contributed by atoms with Crippen LogP contribution in [0.4, 0.5) is 11.4 Å². The molecule has 0 bridgehead atoms. The van der Waals surface area contributed by atoms with Crippen LogP contribution >= 0.6 is 11.6 Å². The van der Waals surface area contributed by atoms with Crippen molar-refractivity contribution in [2.75, 3.05) is 31.0 Å². The summed E-state index contributed by atoms with van der Waals surface area (Å²) in [6, 6.07) is 8.76. The van der Waals surface area contributed by atoms with Crippen molar-refractivity contribution in [3.05, 3.63) is 46.5 Å². The van der Waals surface area contributed by atoms with Gasteiger partial charge in [-0.1, -0.05) is 17.7 Å². The van der Waals surface area contributed by atoms with Gasteiger partial charge in [0.15, 0.2) is 0 Å². The molecule has 0 radical (unpaired) electrons. The zero-order valence-electron chi connectivity index (χ0n) is 16.1. The molecule has 2 aromatic rings. The van der Waals surface area contributed by atoms with Gasteiger partial charge in [-0.25, -0.2) is 0 Å². The van der Waals surface area contributed by atoms with E-state index in [1.165, 1.54) is 26.0 Å². The van der Waals surface area contributed by atoms with Crippen LogP contribution in [0.3, 0.4) is 0 Å². The first kappa shape index (κ1) is 20.6. The number of benzene rings is 2. The molecule has 0 unspecified atom stereocenters. The third-order valence-electron chi connectivity index (χ3n) is 4.03. The van der Waals surface area contributed by atoms with Gasteiger partial charge in [0.1, 0.15) is 18.0 Å². The Kier molecular flexibility index (Phi) is 6.69. The molecule has 6 nitrogen and oxygen atoms in total. The molecular formula is C20H23ClN2O4. The van der Waals surface area contributed by atoms with Gasteiger partial charge in [0.25, 0.3) is 0 Å². The van der Waals surface area contributed by atoms with Gasteiger partial charge in [-0.3, -0.25) is 9.59 Å². The van der Waals surface area contributed by atoms with Gasteiger partial charge in [-0.05, 0) is 43.2 Å². The van der Waals surface area contributed by atoms with Crippen LogP contribution in [0.25, 0.3) is 0 Å². The molecule has 144 valence electrons. The van der Waals surface area contributed by atoms with E-state index in [-0.39, 0.29) is 18.4 Å². The summed E-state index contributed by atoms with van der Waals surface area (Å²) in [6.07, 6.45) is 0. The van der Waals surface area contributed by atoms with E-state index in [1.54, 1.807) is 24.3 Å². The summed E-state index contributed by atoms with van der Waals surface area (Å²) < 4.78 is 10.4. The average Bonchev–Trinajstić information content (AvgIpc) is 2.59. The Labute approximate surface area is 164 Å². The fraction of sp³-hybridized carbons (Fsp3) is 0.300. The van der Waals surface area contributed by atoms with Crippen LogP contribution in [0.2, 0.25) is 5.02 Å². The second kappa shape index (κ2) is 8.77. The molecule has 0 aliphatic carbocycles. The summed E-state index contributed by atoms with van der Waals surface area (Å²) in [5.41, 5.74) is 2.79. The molecule has 0 aliphatic rings. The third-order valence-corrected chi connectivity index (χ3v) is 4.32. The lowest BCUT2D eigenvalue weighted by molar-refractivity contribution is -0.120. The predicted molar refractivity (Wildman–Crippen MR) is 107 cm³/mol. The molecule has 0 atom stereocenters. The van der Waals surface area contributed by atoms with Crippen LogP contribution in [0.5, 0.6) is 11.5 Å². The van der Waals surface area contributed by atoms with Crippen molar-refractivity contribution >= 4 is 34.8 Å². The van der Waals surface area contributed by atoms with Gasteiger partial charge in [0, 0.05) is 13.0 Å². The Morgan fingerprint density at radius 2 is 1.81 bits per heavy atom. The van der Waals surface area contributed by atoms with Gasteiger partial charge in [0.2, 0.25) is 11.8 Å². The van der Waals surface area contributed by atoms with Crippen molar-refractivity contribution in [3.8, 4) is 11.5 Å². The lowest BCUT2D eigenvalue weighted by Gasteiger charge is -2.24. The number of hydrogen-bond donors (Lipinski definition) is 1. The molecule has 1 N–H and O–H groups in total. The quantitative estimate of drug-likeness (QED) is 0.810. The van der Waals surface area contributed by atoms with E-state index in [4.69, 9.17) is 21.1 Å². The number of rotatable bonds is 6. The Morgan fingerprint density at radius 1 is 1.11 bits per heavy atom. The predicted octanol–water partition coefficient (Wildman–Crippen LogP) is 3.97. The normalized spacial score (nSPS) is 10.3. The first-order valence-electron chi connectivity index (χ1n) is 8.33. The summed E-state index contributed by atoms with van der Waals surface area (Å²) in [4.78, 5) is 26.2. The number of carbonyl (C=O) groups is 2. The van der Waals surface area contributed by atoms with E-state index in [9.17, 15) is 9.59 Å². The highest BCUT2D eigenvalue weighted by Crippen LogP contribution is 2.32. The summed E-state index contributed by atoms with van der Waals surface area (Å²) in [5, 5.41) is 3.19. The summed E-state index contributed by atoms with van der Waals surface area (Å²) in [7, 11) is 3.04. The van der Waals surface area contributed by atoms with Crippen molar-refractivity contribution in [2.24, 2.45) is 0 Å². The number of anilines is 2. The summed E-state index contributed by atoms with van der Waals surface area (Å²) >= 11 is 6.34. The highest BCUT2D eigenvalue weighted by molar-refractivity contribution is 6.34.